The van der Waals surface area contributed by atoms with E-state index < -0.39 is 128 Å². The molecule has 0 amide bonds. The third kappa shape index (κ3) is 7.39. The fourth-order valence-electron chi connectivity index (χ4n) is 6.23. The zero-order valence-electron chi connectivity index (χ0n) is 27.7. The number of ether oxygens (including phenoxy) is 6. The Balaban J connectivity index is 1.41. The molecule has 20 heteroatoms. The molecule has 3 saturated heterocycles. The molecule has 4 heterocycles. The second-order valence-corrected chi connectivity index (χ2v) is 12.9. The van der Waals surface area contributed by atoms with Gasteiger partial charge in [-0.05, 0) is 31.2 Å². The lowest BCUT2D eigenvalue weighted by atomic mass is 9.97. The third-order valence-electron chi connectivity index (χ3n) is 9.29. The van der Waals surface area contributed by atoms with E-state index in [1.165, 1.54) is 31.2 Å². The minimum Gasteiger partial charge on any atom is -0.508 e. The highest BCUT2D eigenvalue weighted by molar-refractivity contribution is 5.88. The second-order valence-electron chi connectivity index (χ2n) is 12.9. The van der Waals surface area contributed by atoms with Crippen molar-refractivity contribution in [1.82, 2.24) is 0 Å². The number of aromatic hydroxyl groups is 2. The van der Waals surface area contributed by atoms with Crippen molar-refractivity contribution in [3.05, 3.63) is 46.6 Å². The lowest BCUT2D eigenvalue weighted by molar-refractivity contribution is -0.358. The molecular formula is C33H40O20. The van der Waals surface area contributed by atoms with Crippen molar-refractivity contribution in [2.75, 3.05) is 13.2 Å². The minimum atomic E-state index is -1.99. The van der Waals surface area contributed by atoms with Crippen molar-refractivity contribution < 1.29 is 94.1 Å². The highest BCUT2D eigenvalue weighted by Gasteiger charge is 2.52. The van der Waals surface area contributed by atoms with Gasteiger partial charge in [0.25, 0.3) is 0 Å². The summed E-state index contributed by atoms with van der Waals surface area (Å²) in [5.74, 6) is -2.19. The number of benzene rings is 2. The molecule has 0 spiro atoms. The molecule has 0 bridgehead atoms. The molecule has 0 unspecified atom stereocenters. The first-order valence-corrected chi connectivity index (χ1v) is 16.4. The van der Waals surface area contributed by atoms with Crippen molar-refractivity contribution in [1.29, 1.82) is 0 Å². The van der Waals surface area contributed by atoms with Gasteiger partial charge in [-0.2, -0.15) is 0 Å². The van der Waals surface area contributed by atoms with Crippen molar-refractivity contribution in [3.8, 4) is 34.3 Å². The van der Waals surface area contributed by atoms with Gasteiger partial charge in [-0.25, -0.2) is 0 Å². The van der Waals surface area contributed by atoms with E-state index in [0.717, 1.165) is 12.1 Å². The molecule has 6 rings (SSSR count). The molecule has 0 aliphatic carbocycles. The lowest BCUT2D eigenvalue weighted by Crippen LogP contribution is -2.65. The van der Waals surface area contributed by atoms with Crippen LogP contribution in [0.3, 0.4) is 0 Å². The number of aliphatic hydroxyl groups excluding tert-OH is 10. The number of hydrogen-bond acceptors (Lipinski definition) is 20. The van der Waals surface area contributed by atoms with Crippen LogP contribution < -0.4 is 14.9 Å². The van der Waals surface area contributed by atoms with Crippen molar-refractivity contribution in [3.63, 3.8) is 0 Å². The van der Waals surface area contributed by atoms with Crippen molar-refractivity contribution >= 4 is 11.0 Å². The molecule has 292 valence electrons. The van der Waals surface area contributed by atoms with E-state index in [0.29, 0.717) is 0 Å². The van der Waals surface area contributed by atoms with E-state index in [1.54, 1.807) is 0 Å². The Bertz CT molecular complexity index is 1780. The number of rotatable bonds is 9. The summed E-state index contributed by atoms with van der Waals surface area (Å²) in [5, 5.41) is 123. The minimum absolute atomic E-state index is 0.0982. The summed E-state index contributed by atoms with van der Waals surface area (Å²) in [7, 11) is 0. The molecule has 0 radical (unpaired) electrons. The van der Waals surface area contributed by atoms with E-state index in [2.05, 4.69) is 0 Å². The lowest BCUT2D eigenvalue weighted by Gasteiger charge is -2.45. The van der Waals surface area contributed by atoms with Gasteiger partial charge in [-0.15, -0.1) is 0 Å². The largest absolute Gasteiger partial charge is 0.508 e. The fraction of sp³-hybridized carbons (Fsp3) is 0.545. The van der Waals surface area contributed by atoms with Crippen LogP contribution in [0.2, 0.25) is 0 Å². The molecule has 0 saturated carbocycles. The van der Waals surface area contributed by atoms with Gasteiger partial charge in [-0.1, -0.05) is 0 Å². The van der Waals surface area contributed by atoms with Gasteiger partial charge in [0.05, 0.1) is 19.3 Å². The summed E-state index contributed by atoms with van der Waals surface area (Å²) < 4.78 is 39.8. The number of fused-ring (bicyclic) bond motifs is 1. The summed E-state index contributed by atoms with van der Waals surface area (Å²) in [6.07, 6.45) is -25.5. The van der Waals surface area contributed by atoms with Crippen LogP contribution in [0.5, 0.6) is 23.0 Å². The molecule has 15 atom stereocenters. The van der Waals surface area contributed by atoms with E-state index in [-0.39, 0.29) is 28.4 Å². The molecule has 3 aliphatic heterocycles. The van der Waals surface area contributed by atoms with Crippen molar-refractivity contribution in [2.45, 2.75) is 99.0 Å². The summed E-state index contributed by atoms with van der Waals surface area (Å²) in [6.45, 7) is -0.275. The van der Waals surface area contributed by atoms with Crippen LogP contribution >= 0.6 is 0 Å². The van der Waals surface area contributed by atoms with Crippen LogP contribution in [0.1, 0.15) is 6.92 Å². The molecule has 3 fully saturated rings. The maximum Gasteiger partial charge on any atom is 0.239 e. The summed E-state index contributed by atoms with van der Waals surface area (Å²) in [6, 6.07) is 7.25. The number of aliphatic hydroxyl groups is 10. The Kier molecular flexibility index (Phi) is 11.5. The monoisotopic (exact) mass is 756 g/mol. The third-order valence-corrected chi connectivity index (χ3v) is 9.29. The Morgan fingerprint density at radius 1 is 0.660 bits per heavy atom. The van der Waals surface area contributed by atoms with E-state index in [4.69, 9.17) is 32.8 Å². The fourth-order valence-corrected chi connectivity index (χ4v) is 6.23. The maximum absolute atomic E-state index is 14.2. The van der Waals surface area contributed by atoms with Crippen LogP contribution in [0.4, 0.5) is 0 Å². The summed E-state index contributed by atoms with van der Waals surface area (Å²) in [5.41, 5.74) is -1.28. The highest BCUT2D eigenvalue weighted by atomic mass is 16.8. The molecule has 3 aromatic rings. The summed E-state index contributed by atoms with van der Waals surface area (Å²) in [4.78, 5) is 14.2. The van der Waals surface area contributed by atoms with Crippen LogP contribution in [-0.2, 0) is 18.9 Å². The van der Waals surface area contributed by atoms with Crippen LogP contribution in [-0.4, -0.2) is 167 Å². The number of hydrogen-bond donors (Lipinski definition) is 12. The van der Waals surface area contributed by atoms with Crippen LogP contribution in [0.15, 0.2) is 45.6 Å². The first-order valence-electron chi connectivity index (χ1n) is 16.4. The topological polar surface area (TPSA) is 328 Å². The van der Waals surface area contributed by atoms with E-state index in [1.807, 2.05) is 0 Å². The Morgan fingerprint density at radius 3 is 1.89 bits per heavy atom. The standard InChI is InChI=1S/C33H40O20/c1-10-19(38)23(42)26(45)31(47-10)48-13-6-14(37)18-15(7-13)49-28(11-2-4-12(36)5-3-11)29(22(18)41)52-33-30(25(44)21(40)17(9-35)51-33)53-32-27(46)24(43)20(39)16(8-34)50-32/h2-7,10,16-17,19-21,23-27,30-40,42-46H,8-9H2,1H3/t10-,16+,17+,19-,20+,21+,23+,24-,25-,26+,27+,30+,31-,32-,33-/m1/s1. The molecule has 3 aliphatic rings. The van der Waals surface area contributed by atoms with Gasteiger partial charge in [-0.3, -0.25) is 4.79 Å². The predicted molar refractivity (Wildman–Crippen MR) is 171 cm³/mol. The van der Waals surface area contributed by atoms with Gasteiger partial charge in [0.15, 0.2) is 18.2 Å². The highest BCUT2D eigenvalue weighted by Crippen LogP contribution is 2.39. The first kappa shape index (κ1) is 39.0. The molecule has 53 heavy (non-hydrogen) atoms. The summed E-state index contributed by atoms with van der Waals surface area (Å²) >= 11 is 0. The molecular weight excluding hydrogens is 716 g/mol. The van der Waals surface area contributed by atoms with Crippen LogP contribution in [0, 0.1) is 0 Å². The van der Waals surface area contributed by atoms with Crippen LogP contribution in [0.25, 0.3) is 22.3 Å². The van der Waals surface area contributed by atoms with Gasteiger partial charge in [0.1, 0.15) is 89.3 Å². The maximum atomic E-state index is 14.2. The average molecular weight is 757 g/mol. The Hall–Kier alpha value is -3.71. The Morgan fingerprint density at radius 2 is 1.25 bits per heavy atom. The SMILES string of the molecule is C[C@H]1O[C@H](Oc2cc(O)c3c(=O)c(O[C@H]4O[C@@H](CO)[C@H](O)[C@@H](O)[C@@H]4O[C@H]4O[C@@H](CO)[C@H](O)[C@@H](O)[C@@H]4O)c(-c4ccc(O)cc4)oc3c2)[C@@H](O)[C@@H](O)[C@@H]1O. The number of phenols is 2. The first-order chi connectivity index (χ1) is 25.1. The smallest absolute Gasteiger partial charge is 0.239 e. The van der Waals surface area contributed by atoms with Gasteiger partial charge in [0.2, 0.25) is 23.8 Å². The molecule has 1 aromatic heterocycles. The molecule has 20 nitrogen and oxygen atoms in total. The van der Waals surface area contributed by atoms with Crippen molar-refractivity contribution in [2.24, 2.45) is 0 Å². The average Bonchev–Trinajstić information content (AvgIpc) is 3.13. The normalized spacial score (nSPS) is 37.8. The Labute approximate surface area is 298 Å². The second kappa shape index (κ2) is 15.6. The molecule has 2 aromatic carbocycles. The quantitative estimate of drug-likeness (QED) is 0.0992. The van der Waals surface area contributed by atoms with E-state index in [9.17, 15) is 66.1 Å². The zero-order chi connectivity index (χ0) is 38.5. The van der Waals surface area contributed by atoms with Gasteiger partial charge < -0.3 is 94.1 Å². The van der Waals surface area contributed by atoms with Gasteiger partial charge >= 0.3 is 0 Å². The molecule has 12 N–H and O–H groups in total. The van der Waals surface area contributed by atoms with Gasteiger partial charge in [0, 0.05) is 17.7 Å². The zero-order valence-corrected chi connectivity index (χ0v) is 27.7. The number of phenolic OH excluding ortho intramolecular Hbond substituents is 2. The predicted octanol–water partition coefficient (Wildman–Crippen LogP) is -3.92. The van der Waals surface area contributed by atoms with E-state index >= 15 is 0 Å².